The van der Waals surface area contributed by atoms with Gasteiger partial charge in [0.25, 0.3) is 0 Å². The van der Waals surface area contributed by atoms with Crippen LogP contribution in [0.5, 0.6) is 0 Å². The highest BCUT2D eigenvalue weighted by Crippen LogP contribution is 2.56. The monoisotopic (exact) mass is 232 g/mol. The Morgan fingerprint density at radius 1 is 1.47 bits per heavy atom. The molecule has 3 atom stereocenters. The highest BCUT2D eigenvalue weighted by molar-refractivity contribution is 5.80. The van der Waals surface area contributed by atoms with E-state index >= 15 is 0 Å². The van der Waals surface area contributed by atoms with Crippen molar-refractivity contribution >= 4 is 5.97 Å². The first-order valence-corrected chi connectivity index (χ1v) is 6.62. The van der Waals surface area contributed by atoms with Crippen LogP contribution >= 0.6 is 0 Å². The summed E-state index contributed by atoms with van der Waals surface area (Å²) in [4.78, 5) is 11.6. The molecule has 2 aliphatic carbocycles. The number of fused-ring (bicyclic) bond motifs is 1. The zero-order valence-electron chi connectivity index (χ0n) is 10.7. The number of allylic oxidation sites excluding steroid dienone is 2. The fraction of sp³-hybridized carbons (Fsp3) is 0.667. The van der Waals surface area contributed by atoms with Crippen molar-refractivity contribution in [1.29, 1.82) is 0 Å². The van der Waals surface area contributed by atoms with Crippen LogP contribution in [0.4, 0.5) is 0 Å². The number of rotatable bonds is 0. The van der Waals surface area contributed by atoms with E-state index in [4.69, 9.17) is 4.74 Å². The molecule has 1 fully saturated rings. The molecular weight excluding hydrogens is 212 g/mol. The van der Waals surface area contributed by atoms with Gasteiger partial charge in [0.1, 0.15) is 5.76 Å². The van der Waals surface area contributed by atoms with Crippen LogP contribution in [0.1, 0.15) is 46.0 Å². The summed E-state index contributed by atoms with van der Waals surface area (Å²) in [7, 11) is 0. The summed E-state index contributed by atoms with van der Waals surface area (Å²) in [6.07, 6.45) is 5.56. The van der Waals surface area contributed by atoms with Gasteiger partial charge in [-0.25, -0.2) is 0 Å². The second-order valence-corrected chi connectivity index (χ2v) is 6.19. The third-order valence-corrected chi connectivity index (χ3v) is 5.03. The Kier molecular flexibility index (Phi) is 2.26. The Morgan fingerprint density at radius 2 is 2.24 bits per heavy atom. The van der Waals surface area contributed by atoms with Crippen molar-refractivity contribution in [2.24, 2.45) is 17.3 Å². The number of hydrogen-bond acceptors (Lipinski definition) is 2. The van der Waals surface area contributed by atoms with Gasteiger partial charge in [0.05, 0.1) is 5.92 Å². The first-order valence-electron chi connectivity index (χ1n) is 6.62. The van der Waals surface area contributed by atoms with Crippen molar-refractivity contribution in [3.8, 4) is 0 Å². The van der Waals surface area contributed by atoms with Gasteiger partial charge in [-0.05, 0) is 49.5 Å². The molecule has 2 nitrogen and oxygen atoms in total. The van der Waals surface area contributed by atoms with E-state index in [1.54, 1.807) is 0 Å². The van der Waals surface area contributed by atoms with E-state index in [2.05, 4.69) is 13.5 Å². The minimum absolute atomic E-state index is 0.0238. The predicted molar refractivity (Wildman–Crippen MR) is 66.1 cm³/mol. The van der Waals surface area contributed by atoms with E-state index in [1.807, 2.05) is 6.92 Å². The smallest absolute Gasteiger partial charge is 0.317 e. The van der Waals surface area contributed by atoms with Gasteiger partial charge in [0.2, 0.25) is 0 Å². The molecule has 0 radical (unpaired) electrons. The molecule has 2 heteroatoms. The molecule has 1 heterocycles. The number of hydrogen-bond donors (Lipinski definition) is 0. The quantitative estimate of drug-likeness (QED) is 0.471. The van der Waals surface area contributed by atoms with E-state index in [-0.39, 0.29) is 17.3 Å². The molecule has 0 spiro atoms. The Hall–Kier alpha value is -1.05. The van der Waals surface area contributed by atoms with Crippen LogP contribution in [-0.2, 0) is 9.53 Å². The molecule has 0 amide bonds. The normalized spacial score (nSPS) is 41.1. The number of carbonyl (C=O) groups is 1. The van der Waals surface area contributed by atoms with Crippen LogP contribution in [0.15, 0.2) is 23.5 Å². The van der Waals surface area contributed by atoms with Crippen molar-refractivity contribution in [1.82, 2.24) is 0 Å². The maximum atomic E-state index is 11.6. The first-order chi connectivity index (χ1) is 8.01. The SMILES string of the molecule is C=C1CCC[C@@]2(C)CC3=C(C[C@H]12)C(C)C(=O)O3. The van der Waals surface area contributed by atoms with E-state index in [0.717, 1.165) is 25.0 Å². The van der Waals surface area contributed by atoms with E-state index in [1.165, 1.54) is 24.0 Å². The predicted octanol–water partition coefficient (Wildman–Crippen LogP) is 3.59. The minimum atomic E-state index is -0.0529. The van der Waals surface area contributed by atoms with Crippen molar-refractivity contribution in [2.75, 3.05) is 0 Å². The molecule has 0 bridgehead atoms. The average Bonchev–Trinajstić information content (AvgIpc) is 2.52. The van der Waals surface area contributed by atoms with E-state index in [9.17, 15) is 4.79 Å². The van der Waals surface area contributed by atoms with Crippen molar-refractivity contribution in [3.63, 3.8) is 0 Å². The van der Waals surface area contributed by atoms with Gasteiger partial charge in [0.15, 0.2) is 0 Å². The third-order valence-electron chi connectivity index (χ3n) is 5.03. The van der Waals surface area contributed by atoms with Gasteiger partial charge in [-0.3, -0.25) is 4.79 Å². The van der Waals surface area contributed by atoms with Gasteiger partial charge >= 0.3 is 5.97 Å². The van der Waals surface area contributed by atoms with Gasteiger partial charge in [0, 0.05) is 6.42 Å². The lowest BCUT2D eigenvalue weighted by atomic mass is 9.58. The summed E-state index contributed by atoms with van der Waals surface area (Å²) in [6.45, 7) is 8.56. The zero-order valence-corrected chi connectivity index (χ0v) is 10.7. The average molecular weight is 232 g/mol. The van der Waals surface area contributed by atoms with E-state index < -0.39 is 0 Å². The van der Waals surface area contributed by atoms with Crippen LogP contribution in [0, 0.1) is 17.3 Å². The third kappa shape index (κ3) is 1.50. The van der Waals surface area contributed by atoms with E-state index in [0.29, 0.717) is 5.92 Å². The fourth-order valence-electron chi connectivity index (χ4n) is 3.85. The second-order valence-electron chi connectivity index (χ2n) is 6.19. The molecular formula is C15H20O2. The first kappa shape index (κ1) is 11.1. The van der Waals surface area contributed by atoms with Crippen molar-refractivity contribution in [2.45, 2.75) is 46.0 Å². The van der Waals surface area contributed by atoms with Crippen molar-refractivity contribution in [3.05, 3.63) is 23.5 Å². The summed E-state index contributed by atoms with van der Waals surface area (Å²) in [5, 5.41) is 0. The molecule has 92 valence electrons. The maximum Gasteiger partial charge on any atom is 0.317 e. The van der Waals surface area contributed by atoms with Crippen LogP contribution in [0.25, 0.3) is 0 Å². The standard InChI is InChI=1S/C15H20O2/c1-9-5-4-6-15(3)8-13-11(7-12(9)15)10(2)14(16)17-13/h10,12H,1,4-8H2,2-3H3/t10?,12-,15+/m1/s1. The Morgan fingerprint density at radius 3 is 3.00 bits per heavy atom. The number of carbonyl (C=O) groups excluding carboxylic acids is 1. The minimum Gasteiger partial charge on any atom is -0.431 e. The molecule has 0 saturated heterocycles. The fourth-order valence-corrected chi connectivity index (χ4v) is 3.85. The molecule has 0 aromatic rings. The maximum absolute atomic E-state index is 11.6. The van der Waals surface area contributed by atoms with Gasteiger partial charge in [-0.15, -0.1) is 0 Å². The summed E-state index contributed by atoms with van der Waals surface area (Å²) in [6, 6.07) is 0. The molecule has 1 aliphatic heterocycles. The van der Waals surface area contributed by atoms with Crippen molar-refractivity contribution < 1.29 is 9.53 Å². The molecule has 3 aliphatic rings. The zero-order chi connectivity index (χ0) is 12.2. The molecule has 0 aromatic heterocycles. The van der Waals surface area contributed by atoms with Crippen LogP contribution in [0.3, 0.4) is 0 Å². The highest BCUT2D eigenvalue weighted by atomic mass is 16.5. The largest absolute Gasteiger partial charge is 0.431 e. The van der Waals surface area contributed by atoms with Crippen LogP contribution in [-0.4, -0.2) is 5.97 Å². The summed E-state index contributed by atoms with van der Waals surface area (Å²) >= 11 is 0. The van der Waals surface area contributed by atoms with Gasteiger partial charge in [-0.1, -0.05) is 19.1 Å². The molecule has 0 N–H and O–H groups in total. The second kappa shape index (κ2) is 3.47. The number of esters is 1. The number of ether oxygens (including phenoxy) is 1. The van der Waals surface area contributed by atoms with Gasteiger partial charge in [-0.2, -0.15) is 0 Å². The molecule has 3 rings (SSSR count). The summed E-state index contributed by atoms with van der Waals surface area (Å²) in [5.74, 6) is 1.47. The summed E-state index contributed by atoms with van der Waals surface area (Å²) in [5.41, 5.74) is 2.91. The summed E-state index contributed by atoms with van der Waals surface area (Å²) < 4.78 is 5.44. The van der Waals surface area contributed by atoms with Crippen LogP contribution in [0.2, 0.25) is 0 Å². The lowest BCUT2D eigenvalue weighted by molar-refractivity contribution is -0.140. The van der Waals surface area contributed by atoms with Gasteiger partial charge < -0.3 is 4.74 Å². The molecule has 1 saturated carbocycles. The van der Waals surface area contributed by atoms with Crippen LogP contribution < -0.4 is 0 Å². The Labute approximate surface area is 103 Å². The molecule has 0 aromatic carbocycles. The molecule has 17 heavy (non-hydrogen) atoms. The topological polar surface area (TPSA) is 26.3 Å². The lowest BCUT2D eigenvalue weighted by Gasteiger charge is -2.46. The highest BCUT2D eigenvalue weighted by Gasteiger charge is 2.47. The lowest BCUT2D eigenvalue weighted by Crippen LogP contribution is -2.36. The Balaban J connectivity index is 1.97. The molecule has 1 unspecified atom stereocenters. The Bertz CT molecular complexity index is 432.